The van der Waals surface area contributed by atoms with Crippen LogP contribution in [-0.2, 0) is 6.54 Å². The van der Waals surface area contributed by atoms with Crippen molar-refractivity contribution in [3.8, 4) is 0 Å². The van der Waals surface area contributed by atoms with Crippen LogP contribution in [0.15, 0.2) is 84.1 Å². The smallest absolute Gasteiger partial charge is 0.204 e. The summed E-state index contributed by atoms with van der Waals surface area (Å²) in [6.45, 7) is 0.775. The van der Waals surface area contributed by atoms with E-state index in [1.54, 1.807) is 11.3 Å². The molecule has 142 valence electrons. The second-order valence-corrected chi connectivity index (χ2v) is 8.18. The van der Waals surface area contributed by atoms with Gasteiger partial charge in [-0.2, -0.15) is 5.10 Å². The van der Waals surface area contributed by atoms with Gasteiger partial charge in [-0.25, -0.2) is 4.98 Å². The molecule has 3 aromatic carbocycles. The lowest BCUT2D eigenvalue weighted by Crippen LogP contribution is -1.97. The molecule has 4 nitrogen and oxygen atoms in total. The quantitative estimate of drug-likeness (QED) is 0.266. The number of para-hydroxylation sites is 2. The van der Waals surface area contributed by atoms with Gasteiger partial charge in [-0.1, -0.05) is 65.4 Å². The lowest BCUT2D eigenvalue weighted by Gasteiger charge is -2.05. The summed E-state index contributed by atoms with van der Waals surface area (Å²) < 4.78 is 3.38. The zero-order valence-electron chi connectivity index (χ0n) is 15.4. The molecule has 0 saturated carbocycles. The molecule has 0 bridgehead atoms. The van der Waals surface area contributed by atoms with E-state index >= 15 is 0 Å². The van der Waals surface area contributed by atoms with E-state index in [2.05, 4.69) is 62.7 Å². The third-order valence-corrected chi connectivity index (χ3v) is 5.94. The van der Waals surface area contributed by atoms with Gasteiger partial charge in [0.05, 0.1) is 16.4 Å². The van der Waals surface area contributed by atoms with Crippen LogP contribution in [0.3, 0.4) is 0 Å². The molecule has 6 heteroatoms. The van der Waals surface area contributed by atoms with Crippen LogP contribution < -0.4 is 5.43 Å². The maximum atomic E-state index is 6.01. The van der Waals surface area contributed by atoms with Crippen molar-refractivity contribution in [3.63, 3.8) is 0 Å². The van der Waals surface area contributed by atoms with Gasteiger partial charge in [0.2, 0.25) is 5.13 Å². The van der Waals surface area contributed by atoms with Gasteiger partial charge in [0.1, 0.15) is 0 Å². The summed E-state index contributed by atoms with van der Waals surface area (Å²) in [6.07, 6.45) is 3.98. The molecule has 0 amide bonds. The van der Waals surface area contributed by atoms with E-state index in [1.807, 2.05) is 42.6 Å². The molecular formula is C23H17ClN4S. The first kappa shape index (κ1) is 17.9. The molecule has 29 heavy (non-hydrogen) atoms. The highest BCUT2D eigenvalue weighted by molar-refractivity contribution is 7.22. The van der Waals surface area contributed by atoms with Crippen LogP contribution in [0.5, 0.6) is 0 Å². The SMILES string of the molecule is Clc1ccc(Cn2cc(/C=N/Nc3nc4ccccc4s3)c3ccccc32)cc1. The van der Waals surface area contributed by atoms with E-state index in [9.17, 15) is 0 Å². The monoisotopic (exact) mass is 416 g/mol. The molecule has 0 fully saturated rings. The fourth-order valence-corrected chi connectivity index (χ4v) is 4.31. The Balaban J connectivity index is 1.42. The van der Waals surface area contributed by atoms with Crippen LogP contribution in [0.4, 0.5) is 5.13 Å². The van der Waals surface area contributed by atoms with Crippen molar-refractivity contribution in [3.05, 3.63) is 95.1 Å². The highest BCUT2D eigenvalue weighted by Crippen LogP contribution is 2.26. The molecule has 0 unspecified atom stereocenters. The standard InChI is InChI=1S/C23H17ClN4S/c24-18-11-9-16(10-12-18)14-28-15-17(19-5-1-3-7-21(19)28)13-25-27-23-26-20-6-2-4-8-22(20)29-23/h1-13,15H,14H2,(H,26,27)/b25-13+. The molecule has 0 aliphatic heterocycles. The van der Waals surface area contributed by atoms with Crippen molar-refractivity contribution >= 4 is 55.4 Å². The second-order valence-electron chi connectivity index (χ2n) is 6.71. The predicted octanol–water partition coefficient (Wildman–Crippen LogP) is 6.40. The first-order valence-corrected chi connectivity index (χ1v) is 10.4. The van der Waals surface area contributed by atoms with Crippen molar-refractivity contribution in [2.45, 2.75) is 6.54 Å². The predicted molar refractivity (Wildman–Crippen MR) is 123 cm³/mol. The molecule has 0 aliphatic carbocycles. The normalized spacial score (nSPS) is 11.6. The molecule has 0 aliphatic rings. The van der Waals surface area contributed by atoms with Crippen molar-refractivity contribution in [1.82, 2.24) is 9.55 Å². The first-order chi connectivity index (χ1) is 14.3. The number of hydrazone groups is 1. The van der Waals surface area contributed by atoms with Gasteiger partial charge in [-0.15, -0.1) is 0 Å². The zero-order chi connectivity index (χ0) is 19.6. The average molecular weight is 417 g/mol. The average Bonchev–Trinajstić information content (AvgIpc) is 3.31. The Morgan fingerprint density at radius 3 is 2.66 bits per heavy atom. The number of thiazole rings is 1. The maximum absolute atomic E-state index is 6.01. The fraction of sp³-hybridized carbons (Fsp3) is 0.0435. The van der Waals surface area contributed by atoms with Gasteiger partial charge in [-0.05, 0) is 35.9 Å². The van der Waals surface area contributed by atoms with Crippen molar-refractivity contribution < 1.29 is 0 Å². The molecule has 1 N–H and O–H groups in total. The Bertz CT molecular complexity index is 1280. The Morgan fingerprint density at radius 2 is 1.79 bits per heavy atom. The molecule has 0 radical (unpaired) electrons. The largest absolute Gasteiger partial charge is 0.342 e. The minimum atomic E-state index is 0.750. The highest BCUT2D eigenvalue weighted by atomic mass is 35.5. The van der Waals surface area contributed by atoms with Crippen LogP contribution in [0.1, 0.15) is 11.1 Å². The number of hydrogen-bond acceptors (Lipinski definition) is 4. The molecule has 0 atom stereocenters. The van der Waals surface area contributed by atoms with Gasteiger partial charge in [0.15, 0.2) is 0 Å². The summed E-state index contributed by atoms with van der Waals surface area (Å²) in [5.41, 5.74) is 7.48. The summed E-state index contributed by atoms with van der Waals surface area (Å²) >= 11 is 7.60. The number of aromatic nitrogens is 2. The van der Waals surface area contributed by atoms with Crippen molar-refractivity contribution in [2.75, 3.05) is 5.43 Å². The number of halogens is 1. The summed E-state index contributed by atoms with van der Waals surface area (Å²) in [4.78, 5) is 4.55. The third-order valence-electron chi connectivity index (χ3n) is 4.74. The van der Waals surface area contributed by atoms with E-state index in [4.69, 9.17) is 11.6 Å². The first-order valence-electron chi connectivity index (χ1n) is 9.23. The Kier molecular flexibility index (Phi) is 4.76. The number of hydrogen-bond donors (Lipinski definition) is 1. The minimum absolute atomic E-state index is 0.750. The van der Waals surface area contributed by atoms with Crippen LogP contribution in [0, 0.1) is 0 Å². The number of rotatable bonds is 5. The Morgan fingerprint density at radius 1 is 1.00 bits per heavy atom. The van der Waals surface area contributed by atoms with Crippen LogP contribution >= 0.6 is 22.9 Å². The van der Waals surface area contributed by atoms with E-state index in [0.717, 1.165) is 37.9 Å². The second kappa shape index (κ2) is 7.70. The van der Waals surface area contributed by atoms with Gasteiger partial charge < -0.3 is 4.57 Å². The number of fused-ring (bicyclic) bond motifs is 2. The molecule has 2 heterocycles. The van der Waals surface area contributed by atoms with Gasteiger partial charge in [0, 0.05) is 34.2 Å². The molecular weight excluding hydrogens is 400 g/mol. The Hall–Kier alpha value is -3.15. The molecule has 2 aromatic heterocycles. The topological polar surface area (TPSA) is 42.2 Å². The minimum Gasteiger partial charge on any atom is -0.342 e. The lowest BCUT2D eigenvalue weighted by molar-refractivity contribution is 0.836. The number of nitrogens with zero attached hydrogens (tertiary/aromatic N) is 3. The fourth-order valence-electron chi connectivity index (χ4n) is 3.37. The molecule has 0 spiro atoms. The molecule has 0 saturated heterocycles. The number of nitrogens with one attached hydrogen (secondary N) is 1. The molecule has 5 rings (SSSR count). The van der Waals surface area contributed by atoms with Crippen molar-refractivity contribution in [2.24, 2.45) is 5.10 Å². The summed E-state index contributed by atoms with van der Waals surface area (Å²) in [5, 5.41) is 7.13. The van der Waals surface area contributed by atoms with Gasteiger partial charge in [0.25, 0.3) is 0 Å². The number of anilines is 1. The highest BCUT2D eigenvalue weighted by Gasteiger charge is 2.07. The summed E-state index contributed by atoms with van der Waals surface area (Å²) in [7, 11) is 0. The lowest BCUT2D eigenvalue weighted by atomic mass is 10.2. The maximum Gasteiger partial charge on any atom is 0.204 e. The van der Waals surface area contributed by atoms with Crippen LogP contribution in [0.2, 0.25) is 5.02 Å². The van der Waals surface area contributed by atoms with Crippen LogP contribution in [0.25, 0.3) is 21.1 Å². The van der Waals surface area contributed by atoms with Gasteiger partial charge >= 0.3 is 0 Å². The summed E-state index contributed by atoms with van der Waals surface area (Å²) in [6, 6.07) is 24.4. The van der Waals surface area contributed by atoms with Gasteiger partial charge in [-0.3, -0.25) is 5.43 Å². The third kappa shape index (κ3) is 3.75. The number of benzene rings is 3. The van der Waals surface area contributed by atoms with E-state index in [0.29, 0.717) is 0 Å². The molecule has 5 aromatic rings. The van der Waals surface area contributed by atoms with E-state index in [-0.39, 0.29) is 0 Å². The summed E-state index contributed by atoms with van der Waals surface area (Å²) in [5.74, 6) is 0. The van der Waals surface area contributed by atoms with Crippen LogP contribution in [-0.4, -0.2) is 15.8 Å². The van der Waals surface area contributed by atoms with E-state index < -0.39 is 0 Å². The van der Waals surface area contributed by atoms with E-state index in [1.165, 1.54) is 11.1 Å². The van der Waals surface area contributed by atoms with Crippen molar-refractivity contribution in [1.29, 1.82) is 0 Å². The zero-order valence-corrected chi connectivity index (χ0v) is 17.0. The Labute approximate surface area is 177 Å².